The molecule has 0 aromatic heterocycles. The van der Waals surface area contributed by atoms with Gasteiger partial charge >= 0.3 is 0 Å². The van der Waals surface area contributed by atoms with Gasteiger partial charge in [-0.25, -0.2) is 0 Å². The molecule has 1 aliphatic rings. The molecule has 25 heavy (non-hydrogen) atoms. The SMILES string of the molecule is CC(C)c1ccc(OCCOC[C@@H](O)CN2C[C@@H](C)O[C@@H](C)C2)cc1. The van der Waals surface area contributed by atoms with Crippen LogP contribution in [0, 0.1) is 0 Å². The van der Waals surface area contributed by atoms with E-state index in [1.54, 1.807) is 0 Å². The second kappa shape index (κ2) is 10.1. The van der Waals surface area contributed by atoms with Crippen LogP contribution in [0.3, 0.4) is 0 Å². The Morgan fingerprint density at radius 3 is 2.36 bits per heavy atom. The Labute approximate surface area is 151 Å². The molecule has 1 aliphatic heterocycles. The van der Waals surface area contributed by atoms with Crippen molar-refractivity contribution in [2.75, 3.05) is 39.5 Å². The predicted molar refractivity (Wildman–Crippen MR) is 99.3 cm³/mol. The fourth-order valence-corrected chi connectivity index (χ4v) is 3.17. The van der Waals surface area contributed by atoms with E-state index in [-0.39, 0.29) is 12.2 Å². The molecule has 0 radical (unpaired) electrons. The second-order valence-corrected chi connectivity index (χ2v) is 7.28. The van der Waals surface area contributed by atoms with Gasteiger partial charge in [0.15, 0.2) is 0 Å². The van der Waals surface area contributed by atoms with E-state index in [0.29, 0.717) is 32.3 Å². The summed E-state index contributed by atoms with van der Waals surface area (Å²) in [6, 6.07) is 8.17. The molecular weight excluding hydrogens is 318 g/mol. The number of ether oxygens (including phenoxy) is 3. The maximum atomic E-state index is 10.1. The topological polar surface area (TPSA) is 51.2 Å². The van der Waals surface area contributed by atoms with Gasteiger partial charge in [0.2, 0.25) is 0 Å². The fourth-order valence-electron chi connectivity index (χ4n) is 3.17. The quantitative estimate of drug-likeness (QED) is 0.693. The number of rotatable bonds is 9. The van der Waals surface area contributed by atoms with Crippen LogP contribution in [-0.4, -0.2) is 67.8 Å². The highest BCUT2D eigenvalue weighted by Gasteiger charge is 2.23. The second-order valence-electron chi connectivity index (χ2n) is 7.28. The van der Waals surface area contributed by atoms with Crippen molar-refractivity contribution in [1.82, 2.24) is 4.90 Å². The third-order valence-electron chi connectivity index (χ3n) is 4.32. The molecule has 3 atom stereocenters. The Hall–Kier alpha value is -1.14. The number of hydrogen-bond donors (Lipinski definition) is 1. The summed E-state index contributed by atoms with van der Waals surface area (Å²) in [4.78, 5) is 2.24. The first-order valence-corrected chi connectivity index (χ1v) is 9.30. The number of morpholine rings is 1. The van der Waals surface area contributed by atoms with E-state index in [4.69, 9.17) is 14.2 Å². The average Bonchev–Trinajstić information content (AvgIpc) is 2.54. The van der Waals surface area contributed by atoms with Crippen LogP contribution in [0.5, 0.6) is 5.75 Å². The van der Waals surface area contributed by atoms with Crippen molar-refractivity contribution in [2.45, 2.75) is 51.9 Å². The summed E-state index contributed by atoms with van der Waals surface area (Å²) in [5.41, 5.74) is 1.30. The third kappa shape index (κ3) is 7.32. The molecule has 0 aliphatic carbocycles. The molecule has 142 valence electrons. The number of benzene rings is 1. The van der Waals surface area contributed by atoms with Gasteiger partial charge < -0.3 is 19.3 Å². The molecule has 1 heterocycles. The zero-order valence-corrected chi connectivity index (χ0v) is 16.0. The van der Waals surface area contributed by atoms with E-state index >= 15 is 0 Å². The molecule has 0 unspecified atom stereocenters. The normalized spacial score (nSPS) is 23.0. The van der Waals surface area contributed by atoms with Gasteiger partial charge in [-0.1, -0.05) is 26.0 Å². The molecule has 5 nitrogen and oxygen atoms in total. The van der Waals surface area contributed by atoms with E-state index in [0.717, 1.165) is 18.8 Å². The highest BCUT2D eigenvalue weighted by Crippen LogP contribution is 2.18. The first-order chi connectivity index (χ1) is 11.9. The van der Waals surface area contributed by atoms with Crippen LogP contribution in [0.25, 0.3) is 0 Å². The van der Waals surface area contributed by atoms with Crippen molar-refractivity contribution in [1.29, 1.82) is 0 Å². The van der Waals surface area contributed by atoms with Crippen LogP contribution in [0.4, 0.5) is 0 Å². The van der Waals surface area contributed by atoms with Crippen LogP contribution in [-0.2, 0) is 9.47 Å². The number of β-amino-alcohol motifs (C(OH)–C–C–N with tert-alkyl or cyclic N) is 1. The van der Waals surface area contributed by atoms with Gasteiger partial charge in [-0.15, -0.1) is 0 Å². The smallest absolute Gasteiger partial charge is 0.119 e. The van der Waals surface area contributed by atoms with Crippen molar-refractivity contribution < 1.29 is 19.3 Å². The van der Waals surface area contributed by atoms with Gasteiger partial charge in [-0.3, -0.25) is 4.90 Å². The highest BCUT2D eigenvalue weighted by atomic mass is 16.5. The minimum atomic E-state index is -0.483. The highest BCUT2D eigenvalue weighted by molar-refractivity contribution is 5.28. The third-order valence-corrected chi connectivity index (χ3v) is 4.32. The monoisotopic (exact) mass is 351 g/mol. The lowest BCUT2D eigenvalue weighted by atomic mass is 10.0. The van der Waals surface area contributed by atoms with Crippen molar-refractivity contribution in [3.8, 4) is 5.75 Å². The van der Waals surface area contributed by atoms with Gasteiger partial charge in [-0.05, 0) is 37.5 Å². The van der Waals surface area contributed by atoms with Gasteiger partial charge in [0.1, 0.15) is 12.4 Å². The number of aliphatic hydroxyl groups is 1. The molecule has 0 bridgehead atoms. The van der Waals surface area contributed by atoms with E-state index in [1.807, 2.05) is 12.1 Å². The molecule has 1 saturated heterocycles. The van der Waals surface area contributed by atoms with Crippen molar-refractivity contribution in [3.63, 3.8) is 0 Å². The lowest BCUT2D eigenvalue weighted by molar-refractivity contribution is -0.0824. The largest absolute Gasteiger partial charge is 0.491 e. The van der Waals surface area contributed by atoms with Crippen LogP contribution >= 0.6 is 0 Å². The van der Waals surface area contributed by atoms with Crippen molar-refractivity contribution in [3.05, 3.63) is 29.8 Å². The summed E-state index contributed by atoms with van der Waals surface area (Å²) in [6.07, 6.45) is -0.0532. The minimum Gasteiger partial charge on any atom is -0.491 e. The van der Waals surface area contributed by atoms with Gasteiger partial charge in [0, 0.05) is 19.6 Å². The maximum absolute atomic E-state index is 10.1. The average molecular weight is 351 g/mol. The van der Waals surface area contributed by atoms with Crippen LogP contribution < -0.4 is 4.74 Å². The molecule has 1 fully saturated rings. The number of aliphatic hydroxyl groups excluding tert-OH is 1. The summed E-state index contributed by atoms with van der Waals surface area (Å²) in [6.45, 7) is 12.1. The van der Waals surface area contributed by atoms with E-state index in [9.17, 15) is 5.11 Å². The Bertz CT molecular complexity index is 481. The minimum absolute atomic E-state index is 0.215. The predicted octanol–water partition coefficient (Wildman–Crippen LogP) is 2.68. The molecule has 1 N–H and O–H groups in total. The zero-order chi connectivity index (χ0) is 18.2. The summed E-state index contributed by atoms with van der Waals surface area (Å²) >= 11 is 0. The first-order valence-electron chi connectivity index (χ1n) is 9.30. The Balaban J connectivity index is 1.57. The van der Waals surface area contributed by atoms with Crippen molar-refractivity contribution >= 4 is 0 Å². The fraction of sp³-hybridized carbons (Fsp3) is 0.700. The Morgan fingerprint density at radius 1 is 1.12 bits per heavy atom. The maximum Gasteiger partial charge on any atom is 0.119 e. The summed E-state index contributed by atoms with van der Waals surface area (Å²) < 4.78 is 16.9. The lowest BCUT2D eigenvalue weighted by Gasteiger charge is -2.36. The molecule has 0 amide bonds. The zero-order valence-electron chi connectivity index (χ0n) is 16.0. The van der Waals surface area contributed by atoms with Gasteiger partial charge in [-0.2, -0.15) is 0 Å². The van der Waals surface area contributed by atoms with Crippen LogP contribution in [0.1, 0.15) is 39.2 Å². The molecule has 0 spiro atoms. The van der Waals surface area contributed by atoms with Crippen LogP contribution in [0.15, 0.2) is 24.3 Å². The Morgan fingerprint density at radius 2 is 1.76 bits per heavy atom. The van der Waals surface area contributed by atoms with E-state index in [2.05, 4.69) is 44.7 Å². The standard InChI is InChI=1S/C20H33NO4/c1-15(2)18-5-7-20(8-6-18)24-10-9-23-14-19(22)13-21-11-16(3)25-17(4)12-21/h5-8,15-17,19,22H,9-14H2,1-4H3/t16-,17+,19-/m0/s1. The van der Waals surface area contributed by atoms with Gasteiger partial charge in [0.05, 0.1) is 31.5 Å². The molecule has 1 aromatic rings. The number of hydrogen-bond acceptors (Lipinski definition) is 5. The van der Waals surface area contributed by atoms with Gasteiger partial charge in [0.25, 0.3) is 0 Å². The number of nitrogens with zero attached hydrogens (tertiary/aromatic N) is 1. The molecule has 2 rings (SSSR count). The molecule has 1 aromatic carbocycles. The molecule has 0 saturated carbocycles. The van der Waals surface area contributed by atoms with Crippen molar-refractivity contribution in [2.24, 2.45) is 0 Å². The summed E-state index contributed by atoms with van der Waals surface area (Å²) in [5, 5.41) is 10.1. The van der Waals surface area contributed by atoms with E-state index in [1.165, 1.54) is 5.56 Å². The lowest BCUT2D eigenvalue weighted by Crippen LogP contribution is -2.48. The molecule has 5 heteroatoms. The summed E-state index contributed by atoms with van der Waals surface area (Å²) in [5.74, 6) is 1.38. The first kappa shape index (κ1) is 20.2. The molecular formula is C20H33NO4. The summed E-state index contributed by atoms with van der Waals surface area (Å²) in [7, 11) is 0. The van der Waals surface area contributed by atoms with E-state index < -0.39 is 6.10 Å². The Kier molecular flexibility index (Phi) is 8.16. The van der Waals surface area contributed by atoms with Crippen LogP contribution in [0.2, 0.25) is 0 Å².